The third-order valence-electron chi connectivity index (χ3n) is 4.57. The zero-order valence-corrected chi connectivity index (χ0v) is 16.3. The van der Waals surface area contributed by atoms with Crippen LogP contribution in [0.4, 0.5) is 5.69 Å². The molecule has 0 aliphatic rings. The van der Waals surface area contributed by atoms with Crippen LogP contribution in [0.5, 0.6) is 5.75 Å². The van der Waals surface area contributed by atoms with E-state index in [0.29, 0.717) is 10.8 Å². The molecule has 1 heterocycles. The first kappa shape index (κ1) is 18.3. The van der Waals surface area contributed by atoms with E-state index in [2.05, 4.69) is 60.7 Å². The van der Waals surface area contributed by atoms with Crippen LogP contribution in [0.1, 0.15) is 29.4 Å². The average molecular weight is 367 g/mol. The van der Waals surface area contributed by atoms with Crippen LogP contribution in [0.25, 0.3) is 5.69 Å². The van der Waals surface area contributed by atoms with Gasteiger partial charge in [-0.2, -0.15) is 0 Å². The molecule has 0 aliphatic heterocycles. The van der Waals surface area contributed by atoms with E-state index in [1.54, 1.807) is 7.11 Å². The topological polar surface area (TPSA) is 26.5 Å². The van der Waals surface area contributed by atoms with Gasteiger partial charge in [-0.3, -0.25) is 4.99 Å². The summed E-state index contributed by atoms with van der Waals surface area (Å²) in [7, 11) is 1.60. The van der Waals surface area contributed by atoms with Crippen molar-refractivity contribution in [1.29, 1.82) is 0 Å². The highest BCUT2D eigenvalue weighted by atomic mass is 35.5. The Hall–Kier alpha value is -2.52. The van der Waals surface area contributed by atoms with Crippen molar-refractivity contribution < 1.29 is 4.74 Å². The SMILES string of the molecule is CCc1ccccc1-n1c(C)cc(C=Nc2ccc(OC)c(Cl)c2)c1C. The molecule has 0 radical (unpaired) electrons. The first-order valence-electron chi connectivity index (χ1n) is 8.70. The van der Waals surface area contributed by atoms with Crippen LogP contribution < -0.4 is 4.74 Å². The number of nitrogens with zero attached hydrogens (tertiary/aromatic N) is 2. The number of ether oxygens (including phenoxy) is 1. The molecule has 1 aromatic heterocycles. The lowest BCUT2D eigenvalue weighted by atomic mass is 10.1. The molecule has 3 rings (SSSR count). The highest BCUT2D eigenvalue weighted by Gasteiger charge is 2.11. The number of rotatable bonds is 5. The fraction of sp³-hybridized carbons (Fsp3) is 0.227. The third-order valence-corrected chi connectivity index (χ3v) is 4.87. The maximum atomic E-state index is 6.18. The predicted octanol–water partition coefficient (Wildman–Crippen LogP) is 6.07. The van der Waals surface area contributed by atoms with Crippen LogP contribution in [0.2, 0.25) is 5.02 Å². The van der Waals surface area contributed by atoms with Crippen LogP contribution >= 0.6 is 11.6 Å². The van der Waals surface area contributed by atoms with E-state index in [1.165, 1.54) is 22.6 Å². The smallest absolute Gasteiger partial charge is 0.137 e. The number of aromatic nitrogens is 1. The summed E-state index contributed by atoms with van der Waals surface area (Å²) in [5, 5.41) is 0.560. The number of aryl methyl sites for hydroxylation is 2. The van der Waals surface area contributed by atoms with Crippen LogP contribution in [0.3, 0.4) is 0 Å². The Balaban J connectivity index is 1.97. The number of aliphatic imine (C=N–C) groups is 1. The number of halogens is 1. The lowest BCUT2D eigenvalue weighted by Gasteiger charge is -2.13. The van der Waals surface area contributed by atoms with Gasteiger partial charge in [0.15, 0.2) is 0 Å². The van der Waals surface area contributed by atoms with E-state index in [1.807, 2.05) is 24.4 Å². The molecule has 0 fully saturated rings. The van der Waals surface area contributed by atoms with Crippen molar-refractivity contribution in [2.24, 2.45) is 4.99 Å². The molecule has 0 bridgehead atoms. The first-order valence-corrected chi connectivity index (χ1v) is 9.07. The minimum atomic E-state index is 0.560. The molecule has 4 heteroatoms. The highest BCUT2D eigenvalue weighted by Crippen LogP contribution is 2.29. The van der Waals surface area contributed by atoms with E-state index in [-0.39, 0.29) is 0 Å². The number of methoxy groups -OCH3 is 1. The molecular weight excluding hydrogens is 344 g/mol. The molecule has 3 aromatic rings. The highest BCUT2D eigenvalue weighted by molar-refractivity contribution is 6.32. The molecule has 0 aliphatic carbocycles. The quantitative estimate of drug-likeness (QED) is 0.503. The summed E-state index contributed by atoms with van der Waals surface area (Å²) in [4.78, 5) is 4.59. The van der Waals surface area contributed by atoms with Gasteiger partial charge < -0.3 is 9.30 Å². The van der Waals surface area contributed by atoms with Crippen molar-refractivity contribution in [2.45, 2.75) is 27.2 Å². The molecular formula is C22H23ClN2O. The summed E-state index contributed by atoms with van der Waals surface area (Å²) >= 11 is 6.18. The number of benzene rings is 2. The van der Waals surface area contributed by atoms with Gasteiger partial charge in [-0.1, -0.05) is 36.7 Å². The van der Waals surface area contributed by atoms with E-state index >= 15 is 0 Å². The second kappa shape index (κ2) is 7.79. The van der Waals surface area contributed by atoms with E-state index < -0.39 is 0 Å². The van der Waals surface area contributed by atoms with Crippen molar-refractivity contribution in [3.63, 3.8) is 0 Å². The summed E-state index contributed by atoms with van der Waals surface area (Å²) in [5.74, 6) is 0.653. The molecule has 0 saturated heterocycles. The largest absolute Gasteiger partial charge is 0.495 e. The maximum absolute atomic E-state index is 6.18. The minimum Gasteiger partial charge on any atom is -0.495 e. The van der Waals surface area contributed by atoms with Gasteiger partial charge in [0.1, 0.15) is 5.75 Å². The third kappa shape index (κ3) is 3.54. The van der Waals surface area contributed by atoms with Crippen LogP contribution in [-0.2, 0) is 6.42 Å². The minimum absolute atomic E-state index is 0.560. The number of hydrogen-bond donors (Lipinski definition) is 0. The Morgan fingerprint density at radius 2 is 1.88 bits per heavy atom. The Morgan fingerprint density at radius 3 is 2.58 bits per heavy atom. The molecule has 134 valence electrons. The Kier molecular flexibility index (Phi) is 5.48. The average Bonchev–Trinajstić information content (AvgIpc) is 2.93. The molecule has 26 heavy (non-hydrogen) atoms. The number of hydrogen-bond acceptors (Lipinski definition) is 2. The van der Waals surface area contributed by atoms with Crippen molar-refractivity contribution in [3.05, 3.63) is 76.1 Å². The summed E-state index contributed by atoms with van der Waals surface area (Å²) in [5.41, 5.74) is 6.83. The molecule has 0 saturated carbocycles. The maximum Gasteiger partial charge on any atom is 0.137 e. The van der Waals surface area contributed by atoms with Gasteiger partial charge in [-0.05, 0) is 56.2 Å². The van der Waals surface area contributed by atoms with Crippen molar-refractivity contribution in [3.8, 4) is 11.4 Å². The predicted molar refractivity (Wildman–Crippen MR) is 110 cm³/mol. The zero-order chi connectivity index (χ0) is 18.7. The molecule has 3 nitrogen and oxygen atoms in total. The second-order valence-electron chi connectivity index (χ2n) is 6.22. The summed E-state index contributed by atoms with van der Waals surface area (Å²) < 4.78 is 7.48. The van der Waals surface area contributed by atoms with Crippen molar-refractivity contribution in [2.75, 3.05) is 7.11 Å². The van der Waals surface area contributed by atoms with Gasteiger partial charge >= 0.3 is 0 Å². The first-order chi connectivity index (χ1) is 12.5. The summed E-state index contributed by atoms with van der Waals surface area (Å²) in [6.45, 7) is 6.44. The standard InChI is InChI=1S/C22H23ClN2O/c1-5-17-8-6-7-9-21(17)25-15(2)12-18(16(25)3)14-24-19-10-11-22(26-4)20(23)13-19/h6-14H,5H2,1-4H3. The Labute approximate surface area is 159 Å². The number of para-hydroxylation sites is 1. The monoisotopic (exact) mass is 366 g/mol. The molecule has 0 N–H and O–H groups in total. The fourth-order valence-electron chi connectivity index (χ4n) is 3.20. The lowest BCUT2D eigenvalue weighted by Crippen LogP contribution is -2.03. The van der Waals surface area contributed by atoms with Crippen LogP contribution in [-0.4, -0.2) is 17.9 Å². The second-order valence-corrected chi connectivity index (χ2v) is 6.63. The van der Waals surface area contributed by atoms with Gasteiger partial charge in [-0.25, -0.2) is 0 Å². The van der Waals surface area contributed by atoms with Crippen LogP contribution in [0.15, 0.2) is 53.5 Å². The van der Waals surface area contributed by atoms with Gasteiger partial charge in [0.05, 0.1) is 17.8 Å². The lowest BCUT2D eigenvalue weighted by molar-refractivity contribution is 0.415. The van der Waals surface area contributed by atoms with Crippen molar-refractivity contribution >= 4 is 23.5 Å². The van der Waals surface area contributed by atoms with Crippen molar-refractivity contribution in [1.82, 2.24) is 4.57 Å². The van der Waals surface area contributed by atoms with E-state index in [9.17, 15) is 0 Å². The molecule has 0 amide bonds. The molecule has 0 atom stereocenters. The molecule has 0 unspecified atom stereocenters. The Bertz CT molecular complexity index is 957. The van der Waals surface area contributed by atoms with Gasteiger partial charge in [0, 0.05) is 28.9 Å². The normalized spacial score (nSPS) is 11.3. The van der Waals surface area contributed by atoms with Gasteiger partial charge in [0.25, 0.3) is 0 Å². The van der Waals surface area contributed by atoms with E-state index in [0.717, 1.165) is 17.7 Å². The Morgan fingerprint density at radius 1 is 1.12 bits per heavy atom. The van der Waals surface area contributed by atoms with Gasteiger partial charge in [-0.15, -0.1) is 0 Å². The zero-order valence-electron chi connectivity index (χ0n) is 15.6. The fourth-order valence-corrected chi connectivity index (χ4v) is 3.45. The summed E-state index contributed by atoms with van der Waals surface area (Å²) in [6, 6.07) is 16.2. The molecule has 0 spiro atoms. The molecule has 2 aromatic carbocycles. The van der Waals surface area contributed by atoms with E-state index in [4.69, 9.17) is 16.3 Å². The van der Waals surface area contributed by atoms with Crippen LogP contribution in [0, 0.1) is 13.8 Å². The summed E-state index contributed by atoms with van der Waals surface area (Å²) in [6.07, 6.45) is 2.90. The van der Waals surface area contributed by atoms with Gasteiger partial charge in [0.2, 0.25) is 0 Å².